The van der Waals surface area contributed by atoms with E-state index in [1.165, 1.54) is 32.1 Å². The van der Waals surface area contributed by atoms with Crippen molar-refractivity contribution in [3.63, 3.8) is 0 Å². The number of anilines is 1. The van der Waals surface area contributed by atoms with Gasteiger partial charge in [0.15, 0.2) is 5.17 Å². The summed E-state index contributed by atoms with van der Waals surface area (Å²) >= 11 is 13.8. The van der Waals surface area contributed by atoms with Gasteiger partial charge in [0.2, 0.25) is 5.91 Å². The first-order valence-electron chi connectivity index (χ1n) is 8.71. The average molecular weight is 437 g/mol. The Bertz CT molecular complexity index is 665. The average Bonchev–Trinajstić information content (AvgIpc) is 2.92. The fourth-order valence-corrected chi connectivity index (χ4v) is 4.84. The van der Waals surface area contributed by atoms with Crippen molar-refractivity contribution < 1.29 is 4.79 Å². The molecule has 0 radical (unpaired) electrons. The smallest absolute Gasteiger partial charge is 0.226 e. The normalized spacial score (nSPS) is 22.3. The maximum Gasteiger partial charge on any atom is 0.226 e. The second-order valence-electron chi connectivity index (χ2n) is 6.66. The Balaban J connectivity index is 0.00000243. The summed E-state index contributed by atoms with van der Waals surface area (Å²) in [6, 6.07) is 5.67. The van der Waals surface area contributed by atoms with E-state index in [-0.39, 0.29) is 24.4 Å². The fraction of sp³-hybridized carbons (Fsp3) is 0.556. The van der Waals surface area contributed by atoms with Crippen molar-refractivity contribution >= 4 is 64.1 Å². The molecule has 0 bridgehead atoms. The van der Waals surface area contributed by atoms with Gasteiger partial charge in [-0.2, -0.15) is 0 Å². The van der Waals surface area contributed by atoms with E-state index in [1.807, 2.05) is 7.05 Å². The van der Waals surface area contributed by atoms with Gasteiger partial charge < -0.3 is 10.2 Å². The largest absolute Gasteiger partial charge is 0.350 e. The van der Waals surface area contributed by atoms with E-state index in [9.17, 15) is 4.79 Å². The van der Waals surface area contributed by atoms with Crippen molar-refractivity contribution in [3.8, 4) is 0 Å². The number of benzene rings is 1. The molecule has 1 aromatic carbocycles. The number of amidine groups is 1. The first-order valence-corrected chi connectivity index (χ1v) is 10.5. The van der Waals surface area contributed by atoms with E-state index in [0.717, 1.165) is 10.9 Å². The minimum atomic E-state index is -0.0551. The molecule has 1 atom stereocenters. The quantitative estimate of drug-likeness (QED) is 0.679. The third kappa shape index (κ3) is 5.69. The number of thioether (sulfide) groups is 1. The lowest BCUT2D eigenvalue weighted by molar-refractivity contribution is -0.116. The van der Waals surface area contributed by atoms with Crippen LogP contribution in [0.25, 0.3) is 0 Å². The van der Waals surface area contributed by atoms with E-state index >= 15 is 0 Å². The molecule has 144 valence electrons. The minimum Gasteiger partial charge on any atom is -0.350 e. The van der Waals surface area contributed by atoms with Crippen LogP contribution in [0, 0.1) is 0 Å². The molecule has 1 saturated carbocycles. The lowest BCUT2D eigenvalue weighted by Gasteiger charge is -2.23. The molecule has 1 unspecified atom stereocenters. The van der Waals surface area contributed by atoms with Gasteiger partial charge in [-0.05, 0) is 31.0 Å². The highest BCUT2D eigenvalue weighted by molar-refractivity contribution is 8.14. The molecule has 8 heteroatoms. The van der Waals surface area contributed by atoms with Crippen molar-refractivity contribution in [1.29, 1.82) is 0 Å². The number of amides is 1. The maximum atomic E-state index is 12.4. The predicted molar refractivity (Wildman–Crippen MR) is 115 cm³/mol. The monoisotopic (exact) mass is 435 g/mol. The van der Waals surface area contributed by atoms with E-state index in [0.29, 0.717) is 28.2 Å². The van der Waals surface area contributed by atoms with E-state index in [2.05, 4.69) is 10.2 Å². The van der Waals surface area contributed by atoms with Crippen molar-refractivity contribution in [3.05, 3.63) is 28.2 Å². The highest BCUT2D eigenvalue weighted by Gasteiger charge is 2.30. The zero-order valence-corrected chi connectivity index (χ0v) is 17.9. The predicted octanol–water partition coefficient (Wildman–Crippen LogP) is 5.48. The van der Waals surface area contributed by atoms with Crippen LogP contribution in [0.5, 0.6) is 0 Å². The van der Waals surface area contributed by atoms with E-state index < -0.39 is 0 Å². The first-order chi connectivity index (χ1) is 12.0. The van der Waals surface area contributed by atoms with Gasteiger partial charge in [0.25, 0.3) is 0 Å². The summed E-state index contributed by atoms with van der Waals surface area (Å²) in [5.41, 5.74) is 0.559. The number of nitrogens with zero attached hydrogens (tertiary/aromatic N) is 2. The molecule has 1 N–H and O–H groups in total. The Labute approximate surface area is 175 Å². The van der Waals surface area contributed by atoms with Crippen molar-refractivity contribution in [2.45, 2.75) is 50.6 Å². The molecule has 1 heterocycles. The van der Waals surface area contributed by atoms with Crippen molar-refractivity contribution in [2.24, 2.45) is 4.99 Å². The second kappa shape index (κ2) is 10.1. The SMILES string of the molecule is CN1/C(=N/C2CCCCC2)SCC1CC(=O)Nc1cc(Cl)ccc1Cl.Cl. The number of halogens is 3. The van der Waals surface area contributed by atoms with Crippen molar-refractivity contribution in [2.75, 3.05) is 18.1 Å². The molecule has 1 amide bonds. The van der Waals surface area contributed by atoms with Crippen LogP contribution in [0.15, 0.2) is 23.2 Å². The van der Waals surface area contributed by atoms with Gasteiger partial charge >= 0.3 is 0 Å². The Kier molecular flexibility index (Phi) is 8.40. The summed E-state index contributed by atoms with van der Waals surface area (Å²) in [6.07, 6.45) is 6.69. The standard InChI is InChI=1S/C18H23Cl2N3OS.ClH/c1-23-14(11-25-18(23)21-13-5-3-2-4-6-13)10-17(24)22-16-9-12(19)7-8-15(16)20;/h7-9,13-14H,2-6,10-11H2,1H3,(H,22,24);1H/b21-18-;. The van der Waals surface area contributed by atoms with Crippen LogP contribution in [0.2, 0.25) is 10.0 Å². The van der Waals surface area contributed by atoms with Crippen LogP contribution in [-0.4, -0.2) is 40.9 Å². The van der Waals surface area contributed by atoms with Gasteiger partial charge in [-0.1, -0.05) is 54.2 Å². The number of carbonyl (C=O) groups excluding carboxylic acids is 1. The zero-order valence-electron chi connectivity index (χ0n) is 14.7. The number of nitrogens with one attached hydrogen (secondary N) is 1. The first kappa shape index (κ1) is 21.7. The van der Waals surface area contributed by atoms with E-state index in [4.69, 9.17) is 28.2 Å². The fourth-order valence-electron chi connectivity index (χ4n) is 3.24. The van der Waals surface area contributed by atoms with Crippen molar-refractivity contribution in [1.82, 2.24) is 4.90 Å². The Morgan fingerprint density at radius 2 is 2.04 bits per heavy atom. The molecular formula is C18H24Cl3N3OS. The van der Waals surface area contributed by atoms with Crippen LogP contribution in [0.3, 0.4) is 0 Å². The number of hydrogen-bond donors (Lipinski definition) is 1. The second-order valence-corrected chi connectivity index (χ2v) is 8.49. The van der Waals surface area contributed by atoms with E-state index in [1.54, 1.807) is 30.0 Å². The molecule has 3 rings (SSSR count). The Morgan fingerprint density at radius 1 is 1.31 bits per heavy atom. The molecule has 26 heavy (non-hydrogen) atoms. The molecule has 1 aliphatic carbocycles. The Morgan fingerprint density at radius 3 is 2.77 bits per heavy atom. The summed E-state index contributed by atoms with van der Waals surface area (Å²) in [6.45, 7) is 0. The molecule has 4 nitrogen and oxygen atoms in total. The molecule has 0 aromatic heterocycles. The number of aliphatic imine (C=N–C) groups is 1. The van der Waals surface area contributed by atoms with Crippen LogP contribution in [0.4, 0.5) is 5.69 Å². The van der Waals surface area contributed by atoms with Crippen LogP contribution in [-0.2, 0) is 4.79 Å². The topological polar surface area (TPSA) is 44.7 Å². The molecule has 2 fully saturated rings. The number of hydrogen-bond acceptors (Lipinski definition) is 3. The summed E-state index contributed by atoms with van der Waals surface area (Å²) in [5.74, 6) is 0.833. The molecule has 1 saturated heterocycles. The summed E-state index contributed by atoms with van der Waals surface area (Å²) in [4.78, 5) is 19.5. The number of carbonyl (C=O) groups is 1. The van der Waals surface area contributed by atoms with Gasteiger partial charge in [-0.15, -0.1) is 12.4 Å². The Hall–Kier alpha value is -0.620. The summed E-state index contributed by atoms with van der Waals surface area (Å²) < 4.78 is 0. The van der Waals surface area contributed by atoms with Crippen LogP contribution < -0.4 is 5.32 Å². The molecule has 2 aliphatic rings. The lowest BCUT2D eigenvalue weighted by Crippen LogP contribution is -2.34. The summed E-state index contributed by atoms with van der Waals surface area (Å²) in [7, 11) is 2.03. The van der Waals surface area contributed by atoms with Gasteiger partial charge in [-0.25, -0.2) is 0 Å². The molecule has 1 aliphatic heterocycles. The minimum absolute atomic E-state index is 0. The third-order valence-electron chi connectivity index (χ3n) is 4.75. The van der Waals surface area contributed by atoms with Gasteiger partial charge in [0.05, 0.1) is 16.8 Å². The molecule has 1 aromatic rings. The van der Waals surface area contributed by atoms with Gasteiger partial charge in [-0.3, -0.25) is 9.79 Å². The van der Waals surface area contributed by atoms with Crippen LogP contribution in [0.1, 0.15) is 38.5 Å². The summed E-state index contributed by atoms with van der Waals surface area (Å²) in [5, 5.41) is 4.98. The highest BCUT2D eigenvalue weighted by Crippen LogP contribution is 2.29. The van der Waals surface area contributed by atoms with Crippen LogP contribution >= 0.6 is 47.4 Å². The highest BCUT2D eigenvalue weighted by atomic mass is 35.5. The number of rotatable bonds is 4. The lowest BCUT2D eigenvalue weighted by atomic mass is 9.96. The maximum absolute atomic E-state index is 12.4. The van der Waals surface area contributed by atoms with Gasteiger partial charge in [0, 0.05) is 30.3 Å². The third-order valence-corrected chi connectivity index (χ3v) is 6.51. The molecular weight excluding hydrogens is 413 g/mol. The zero-order chi connectivity index (χ0) is 17.8. The van der Waals surface area contributed by atoms with Gasteiger partial charge in [0.1, 0.15) is 0 Å². The molecule has 0 spiro atoms.